The number of aromatic nitrogens is 4. The predicted octanol–water partition coefficient (Wildman–Crippen LogP) is 3.77. The Bertz CT molecular complexity index is 1170. The summed E-state index contributed by atoms with van der Waals surface area (Å²) in [6, 6.07) is 6.79. The number of nitrogens with one attached hydrogen (secondary N) is 2. The first kappa shape index (κ1) is 19.8. The highest BCUT2D eigenvalue weighted by atomic mass is 32.1. The highest BCUT2D eigenvalue weighted by Crippen LogP contribution is 2.25. The van der Waals surface area contributed by atoms with Gasteiger partial charge in [0.15, 0.2) is 5.69 Å². The van der Waals surface area contributed by atoms with Crippen LogP contribution in [0.2, 0.25) is 0 Å². The molecule has 0 radical (unpaired) electrons. The van der Waals surface area contributed by atoms with E-state index in [-0.39, 0.29) is 11.9 Å². The van der Waals surface area contributed by atoms with Gasteiger partial charge in [0.1, 0.15) is 5.82 Å². The Morgan fingerprint density at radius 3 is 2.80 bits per heavy atom. The van der Waals surface area contributed by atoms with Crippen LogP contribution in [0.3, 0.4) is 0 Å². The number of fused-ring (bicyclic) bond motifs is 1. The molecule has 4 rings (SSSR count). The van der Waals surface area contributed by atoms with E-state index < -0.39 is 5.82 Å². The molecule has 0 aliphatic rings. The first-order chi connectivity index (χ1) is 14.6. The SMILES string of the molecule is CC(Nc1nc(C(=O)NCCc2ccncc2)c2sccc2n1)c1cncc(F)c1. The van der Waals surface area contributed by atoms with E-state index in [4.69, 9.17) is 0 Å². The number of amides is 1. The summed E-state index contributed by atoms with van der Waals surface area (Å²) in [7, 11) is 0. The quantitative estimate of drug-likeness (QED) is 0.471. The Morgan fingerprint density at radius 2 is 2.00 bits per heavy atom. The standard InChI is InChI=1S/C21H19FN6OS/c1-13(15-10-16(22)12-24-11-15)26-21-27-17-5-9-30-19(17)18(28-21)20(29)25-8-4-14-2-6-23-7-3-14/h2-3,5-7,9-13H,4,8H2,1H3,(H,25,29)(H,26,27,28). The van der Waals surface area contributed by atoms with Crippen molar-refractivity contribution >= 4 is 33.4 Å². The van der Waals surface area contributed by atoms with Gasteiger partial charge in [0.05, 0.1) is 22.5 Å². The van der Waals surface area contributed by atoms with E-state index in [1.165, 1.54) is 17.4 Å². The van der Waals surface area contributed by atoms with Gasteiger partial charge in [-0.2, -0.15) is 0 Å². The van der Waals surface area contributed by atoms with Crippen LogP contribution in [-0.2, 0) is 6.42 Å². The van der Waals surface area contributed by atoms with Gasteiger partial charge in [0, 0.05) is 25.1 Å². The molecule has 0 bridgehead atoms. The first-order valence-corrected chi connectivity index (χ1v) is 10.3. The number of pyridine rings is 2. The van der Waals surface area contributed by atoms with Crippen molar-refractivity contribution in [3.8, 4) is 0 Å². The maximum atomic E-state index is 13.5. The minimum Gasteiger partial charge on any atom is -0.350 e. The lowest BCUT2D eigenvalue weighted by molar-refractivity contribution is 0.0951. The predicted molar refractivity (Wildman–Crippen MR) is 114 cm³/mol. The minimum absolute atomic E-state index is 0.262. The molecule has 4 heterocycles. The summed E-state index contributed by atoms with van der Waals surface area (Å²) in [5.74, 6) is -0.372. The molecule has 0 aromatic carbocycles. The van der Waals surface area contributed by atoms with Gasteiger partial charge in [-0.15, -0.1) is 11.3 Å². The third-order valence-electron chi connectivity index (χ3n) is 4.54. The van der Waals surface area contributed by atoms with E-state index in [0.717, 1.165) is 16.5 Å². The molecule has 0 aliphatic heterocycles. The number of carbonyl (C=O) groups is 1. The molecule has 0 aliphatic carbocycles. The monoisotopic (exact) mass is 422 g/mol. The maximum absolute atomic E-state index is 13.5. The van der Waals surface area contributed by atoms with Crippen molar-refractivity contribution in [3.05, 3.63) is 77.1 Å². The molecular weight excluding hydrogens is 403 g/mol. The highest BCUT2D eigenvalue weighted by Gasteiger charge is 2.17. The number of anilines is 1. The number of rotatable bonds is 7. The number of halogens is 1. The molecule has 1 unspecified atom stereocenters. The van der Waals surface area contributed by atoms with Gasteiger partial charge in [0.2, 0.25) is 5.95 Å². The van der Waals surface area contributed by atoms with E-state index in [2.05, 4.69) is 30.6 Å². The number of carbonyl (C=O) groups excluding carboxylic acids is 1. The van der Waals surface area contributed by atoms with E-state index >= 15 is 0 Å². The van der Waals surface area contributed by atoms with Crippen LogP contribution in [0.4, 0.5) is 10.3 Å². The van der Waals surface area contributed by atoms with Gasteiger partial charge >= 0.3 is 0 Å². The van der Waals surface area contributed by atoms with Crippen molar-refractivity contribution in [2.24, 2.45) is 0 Å². The molecule has 2 N–H and O–H groups in total. The van der Waals surface area contributed by atoms with Gasteiger partial charge in [-0.1, -0.05) is 0 Å². The Labute approximate surface area is 176 Å². The van der Waals surface area contributed by atoms with Crippen LogP contribution < -0.4 is 10.6 Å². The fraction of sp³-hybridized carbons (Fsp3) is 0.190. The smallest absolute Gasteiger partial charge is 0.271 e. The summed E-state index contributed by atoms with van der Waals surface area (Å²) < 4.78 is 14.2. The number of hydrogen-bond acceptors (Lipinski definition) is 7. The topological polar surface area (TPSA) is 92.7 Å². The molecule has 9 heteroatoms. The average Bonchev–Trinajstić information content (AvgIpc) is 3.22. The zero-order chi connectivity index (χ0) is 20.9. The van der Waals surface area contributed by atoms with Crippen molar-refractivity contribution in [1.29, 1.82) is 0 Å². The van der Waals surface area contributed by atoms with Gasteiger partial charge in [-0.3, -0.25) is 14.8 Å². The Balaban J connectivity index is 1.51. The van der Waals surface area contributed by atoms with Crippen LogP contribution in [0.15, 0.2) is 54.4 Å². The lowest BCUT2D eigenvalue weighted by Gasteiger charge is -2.15. The second-order valence-electron chi connectivity index (χ2n) is 6.69. The summed E-state index contributed by atoms with van der Waals surface area (Å²) >= 11 is 1.42. The molecule has 1 atom stereocenters. The van der Waals surface area contributed by atoms with Crippen LogP contribution >= 0.6 is 11.3 Å². The summed E-state index contributed by atoms with van der Waals surface area (Å²) in [6.45, 7) is 2.33. The van der Waals surface area contributed by atoms with Crippen LogP contribution in [0.25, 0.3) is 10.2 Å². The second-order valence-corrected chi connectivity index (χ2v) is 7.61. The van der Waals surface area contributed by atoms with Crippen LogP contribution in [0.1, 0.15) is 34.6 Å². The number of hydrogen-bond donors (Lipinski definition) is 2. The normalized spacial score (nSPS) is 11.9. The molecule has 4 aromatic heterocycles. The molecular formula is C21H19FN6OS. The molecule has 0 fully saturated rings. The molecule has 0 saturated heterocycles. The molecule has 30 heavy (non-hydrogen) atoms. The Kier molecular flexibility index (Phi) is 5.89. The summed E-state index contributed by atoms with van der Waals surface area (Å²) in [6.07, 6.45) is 6.88. The van der Waals surface area contributed by atoms with Crippen molar-refractivity contribution < 1.29 is 9.18 Å². The summed E-state index contributed by atoms with van der Waals surface area (Å²) in [4.78, 5) is 29.6. The van der Waals surface area contributed by atoms with E-state index in [9.17, 15) is 9.18 Å². The maximum Gasteiger partial charge on any atom is 0.271 e. The molecule has 7 nitrogen and oxygen atoms in total. The van der Waals surface area contributed by atoms with Crippen LogP contribution in [0, 0.1) is 5.82 Å². The summed E-state index contributed by atoms with van der Waals surface area (Å²) in [5.41, 5.74) is 2.75. The lowest BCUT2D eigenvalue weighted by atomic mass is 10.1. The molecule has 152 valence electrons. The minimum atomic E-state index is -0.412. The molecule has 0 spiro atoms. The molecule has 0 saturated carbocycles. The second kappa shape index (κ2) is 8.91. The fourth-order valence-corrected chi connectivity index (χ4v) is 3.79. The number of nitrogens with zero attached hydrogens (tertiary/aromatic N) is 4. The van der Waals surface area contributed by atoms with E-state index in [1.54, 1.807) is 18.6 Å². The fourth-order valence-electron chi connectivity index (χ4n) is 2.98. The Morgan fingerprint density at radius 1 is 1.17 bits per heavy atom. The first-order valence-electron chi connectivity index (χ1n) is 9.39. The lowest BCUT2D eigenvalue weighted by Crippen LogP contribution is -2.27. The van der Waals surface area contributed by atoms with Gasteiger partial charge in [-0.25, -0.2) is 14.4 Å². The summed E-state index contributed by atoms with van der Waals surface area (Å²) in [5, 5.41) is 7.92. The van der Waals surface area contributed by atoms with Crippen molar-refractivity contribution in [2.45, 2.75) is 19.4 Å². The highest BCUT2D eigenvalue weighted by molar-refractivity contribution is 7.17. The zero-order valence-electron chi connectivity index (χ0n) is 16.2. The average molecular weight is 422 g/mol. The molecule has 1 amide bonds. The zero-order valence-corrected chi connectivity index (χ0v) is 17.0. The van der Waals surface area contributed by atoms with Crippen LogP contribution in [-0.4, -0.2) is 32.4 Å². The Hall–Kier alpha value is -3.46. The molecule has 4 aromatic rings. The van der Waals surface area contributed by atoms with Gasteiger partial charge < -0.3 is 10.6 Å². The van der Waals surface area contributed by atoms with E-state index in [0.29, 0.717) is 35.7 Å². The largest absolute Gasteiger partial charge is 0.350 e. The third-order valence-corrected chi connectivity index (χ3v) is 5.45. The van der Waals surface area contributed by atoms with Gasteiger partial charge in [-0.05, 0) is 54.1 Å². The van der Waals surface area contributed by atoms with Crippen LogP contribution in [0.5, 0.6) is 0 Å². The van der Waals surface area contributed by atoms with Crippen molar-refractivity contribution in [2.75, 3.05) is 11.9 Å². The number of thiophene rings is 1. The van der Waals surface area contributed by atoms with Gasteiger partial charge in [0.25, 0.3) is 5.91 Å². The van der Waals surface area contributed by atoms with Crippen molar-refractivity contribution in [1.82, 2.24) is 25.3 Å². The van der Waals surface area contributed by atoms with E-state index in [1.807, 2.05) is 30.5 Å². The third kappa shape index (κ3) is 4.57. The van der Waals surface area contributed by atoms with Crippen molar-refractivity contribution in [3.63, 3.8) is 0 Å².